The maximum absolute atomic E-state index is 10.6. The van der Waals surface area contributed by atoms with Crippen LogP contribution in [0.4, 0.5) is 0 Å². The number of nitrogens with zero attached hydrogens (tertiary/aromatic N) is 1. The predicted octanol–water partition coefficient (Wildman–Crippen LogP) is 6.36. The summed E-state index contributed by atoms with van der Waals surface area (Å²) in [6.45, 7) is 29.6. The number of allylic oxidation sites excluding steroid dienone is 1. The van der Waals surface area contributed by atoms with Gasteiger partial charge in [-0.25, -0.2) is 0 Å². The maximum atomic E-state index is 10.6. The van der Waals surface area contributed by atoms with E-state index < -0.39 is 27.9 Å². The third kappa shape index (κ3) is 25.4. The Balaban J connectivity index is 0.000000871. The zero-order chi connectivity index (χ0) is 41.2. The molecule has 0 aromatic heterocycles. The summed E-state index contributed by atoms with van der Waals surface area (Å²) in [5.41, 5.74) is 4.14. The number of ether oxygens (including phenoxy) is 2. The minimum atomic E-state index is -3.28. The number of aliphatic hydroxyl groups is 3. The molecule has 0 aliphatic carbocycles. The largest absolute Gasteiger partial charge is 0.491 e. The molecule has 12 heteroatoms. The highest BCUT2D eigenvalue weighted by molar-refractivity contribution is 7.86. The molecule has 53 heavy (non-hydrogen) atoms. The summed E-state index contributed by atoms with van der Waals surface area (Å²) in [5, 5.41) is 30.6. The third-order valence-corrected chi connectivity index (χ3v) is 7.64. The van der Waals surface area contributed by atoms with Crippen molar-refractivity contribution in [3.05, 3.63) is 77.9 Å². The molecule has 4 N–H and O–H groups in total. The van der Waals surface area contributed by atoms with Crippen molar-refractivity contribution in [2.75, 3.05) is 39.2 Å². The van der Waals surface area contributed by atoms with Gasteiger partial charge in [0.2, 0.25) is 5.91 Å². The van der Waals surface area contributed by atoms with Crippen molar-refractivity contribution < 1.29 is 42.2 Å². The molecule has 1 heterocycles. The Morgan fingerprint density at radius 1 is 0.849 bits per heavy atom. The first-order chi connectivity index (χ1) is 24.2. The zero-order valence-corrected chi connectivity index (χ0v) is 35.3. The number of rotatable bonds is 12. The van der Waals surface area contributed by atoms with Crippen molar-refractivity contribution >= 4 is 21.6 Å². The second kappa shape index (κ2) is 22.8. The van der Waals surface area contributed by atoms with Gasteiger partial charge in [-0.2, -0.15) is 8.42 Å². The van der Waals surface area contributed by atoms with Crippen molar-refractivity contribution in [1.29, 1.82) is 0 Å². The van der Waals surface area contributed by atoms with Crippen LogP contribution in [0.3, 0.4) is 0 Å². The van der Waals surface area contributed by atoms with Crippen LogP contribution in [0.5, 0.6) is 11.5 Å². The monoisotopic (exact) mass is 764 g/mol. The van der Waals surface area contributed by atoms with Gasteiger partial charge in [0.25, 0.3) is 10.1 Å². The number of aliphatic hydroxyl groups excluding tert-OH is 3. The van der Waals surface area contributed by atoms with Gasteiger partial charge < -0.3 is 30.1 Å². The fourth-order valence-corrected chi connectivity index (χ4v) is 5.24. The Kier molecular flexibility index (Phi) is 21.4. The van der Waals surface area contributed by atoms with E-state index >= 15 is 0 Å². The Hall–Kier alpha value is -3.26. The first kappa shape index (κ1) is 49.7. The first-order valence-electron chi connectivity index (χ1n) is 17.9. The Bertz CT molecular complexity index is 1430. The van der Waals surface area contributed by atoms with E-state index in [-0.39, 0.29) is 31.3 Å². The van der Waals surface area contributed by atoms with Gasteiger partial charge in [-0.3, -0.25) is 13.9 Å². The first-order valence-corrected chi connectivity index (χ1v) is 19.7. The third-order valence-electron chi connectivity index (χ3n) is 6.83. The van der Waals surface area contributed by atoms with E-state index in [1.165, 1.54) is 24.7 Å². The molecule has 0 spiro atoms. The van der Waals surface area contributed by atoms with Crippen LogP contribution in [-0.4, -0.2) is 103 Å². The zero-order valence-electron chi connectivity index (χ0n) is 34.4. The summed E-state index contributed by atoms with van der Waals surface area (Å²) < 4.78 is 36.5. The fourth-order valence-electron chi connectivity index (χ4n) is 4.33. The second-order valence-electron chi connectivity index (χ2n) is 15.9. The molecular weight excluding hydrogens is 697 g/mol. The molecule has 1 saturated heterocycles. The molecule has 1 aliphatic heterocycles. The second-order valence-corrected chi connectivity index (χ2v) is 17.5. The quantitative estimate of drug-likeness (QED) is 0.109. The minimum absolute atomic E-state index is 0.0551. The normalized spacial score (nSPS) is 14.0. The SMILES string of the molecule is C=CC(=O)NC(C)(C)C.CC(C)(C)N1CC1.CC(C)(C)OS(C)(=O)=O.CCC(O)COc1ccc(C(=C(C)C)c2ccc(OCC(O)CO)cc2)cc1. The van der Waals surface area contributed by atoms with Gasteiger partial charge in [0.1, 0.15) is 30.8 Å². The van der Waals surface area contributed by atoms with E-state index in [1.807, 2.05) is 76.2 Å². The standard InChI is InChI=1S/C23H30O5.C7H13NO.C6H13N.C5H12O3S/c1-4-19(25)14-27-21-9-5-17(6-10-21)23(16(2)3)18-7-11-22(12-8-18)28-15-20(26)13-24;1-5-6(9)8-7(2,3)4;1-6(2,3)7-4-5-7;1-5(2,3)8-9(4,6)7/h5-12,19-20,24-26H,4,13-15H2,1-3H3;5H,1H2,2-4H3,(H,8,9);4-5H2,1-3H3;1-4H3. The van der Waals surface area contributed by atoms with E-state index in [2.05, 4.69) is 55.6 Å². The molecule has 11 nitrogen and oxygen atoms in total. The molecule has 0 radical (unpaired) electrons. The van der Waals surface area contributed by atoms with Gasteiger partial charge in [-0.15, -0.1) is 0 Å². The van der Waals surface area contributed by atoms with Gasteiger partial charge >= 0.3 is 0 Å². The summed E-state index contributed by atoms with van der Waals surface area (Å²) >= 11 is 0. The topological polar surface area (TPSA) is 155 Å². The van der Waals surface area contributed by atoms with Crippen molar-refractivity contribution in [1.82, 2.24) is 10.2 Å². The number of hydrogen-bond acceptors (Lipinski definition) is 10. The van der Waals surface area contributed by atoms with E-state index in [4.69, 9.17) is 14.6 Å². The van der Waals surface area contributed by atoms with E-state index in [0.717, 1.165) is 28.7 Å². The Morgan fingerprint density at radius 2 is 1.26 bits per heavy atom. The van der Waals surface area contributed by atoms with Crippen LogP contribution in [0.1, 0.15) is 101 Å². The van der Waals surface area contributed by atoms with E-state index in [1.54, 1.807) is 20.8 Å². The van der Waals surface area contributed by atoms with Crippen LogP contribution in [-0.2, 0) is 19.1 Å². The molecule has 1 amide bonds. The maximum Gasteiger partial charge on any atom is 0.264 e. The van der Waals surface area contributed by atoms with Crippen LogP contribution in [0.25, 0.3) is 5.57 Å². The molecule has 0 bridgehead atoms. The highest BCUT2D eigenvalue weighted by Crippen LogP contribution is 2.30. The van der Waals surface area contributed by atoms with Crippen molar-refractivity contribution in [2.24, 2.45) is 0 Å². The van der Waals surface area contributed by atoms with Gasteiger partial charge in [0.05, 0.1) is 24.6 Å². The number of hydrogen-bond donors (Lipinski definition) is 4. The lowest BCUT2D eigenvalue weighted by atomic mass is 9.94. The predicted molar refractivity (Wildman–Crippen MR) is 216 cm³/mol. The molecule has 0 saturated carbocycles. The summed E-state index contributed by atoms with van der Waals surface area (Å²) in [5.74, 6) is 1.25. The van der Waals surface area contributed by atoms with E-state index in [9.17, 15) is 23.4 Å². The number of carbonyl (C=O) groups excluding carboxylic acids is 1. The summed E-state index contributed by atoms with van der Waals surface area (Å²) in [7, 11) is -3.28. The lowest BCUT2D eigenvalue weighted by Gasteiger charge is -2.18. The number of nitrogens with one attached hydrogen (secondary N) is 1. The van der Waals surface area contributed by atoms with Crippen LogP contribution in [0.2, 0.25) is 0 Å². The average Bonchev–Trinajstić information content (AvgIpc) is 3.89. The van der Waals surface area contributed by atoms with Gasteiger partial charge in [0.15, 0.2) is 0 Å². The van der Waals surface area contributed by atoms with Crippen molar-refractivity contribution in [3.8, 4) is 11.5 Å². The molecule has 2 atom stereocenters. The van der Waals surface area contributed by atoms with Crippen molar-refractivity contribution in [2.45, 2.75) is 118 Å². The average molecular weight is 765 g/mol. The van der Waals surface area contributed by atoms with Crippen molar-refractivity contribution in [3.63, 3.8) is 0 Å². The van der Waals surface area contributed by atoms with E-state index in [0.29, 0.717) is 17.7 Å². The van der Waals surface area contributed by atoms with Crippen LogP contribution >= 0.6 is 0 Å². The number of benzene rings is 2. The minimum Gasteiger partial charge on any atom is -0.491 e. The molecule has 2 aromatic rings. The molecule has 2 aromatic carbocycles. The van der Waals surface area contributed by atoms with Gasteiger partial charge in [0, 0.05) is 24.2 Å². The molecule has 1 aliphatic rings. The summed E-state index contributed by atoms with van der Waals surface area (Å²) in [6, 6.07) is 15.5. The molecular formula is C41H68N2O9S. The number of amides is 1. The Labute approximate surface area is 320 Å². The Morgan fingerprint density at radius 3 is 1.47 bits per heavy atom. The summed E-state index contributed by atoms with van der Waals surface area (Å²) in [4.78, 5) is 13.0. The van der Waals surface area contributed by atoms with Gasteiger partial charge in [-0.1, -0.05) is 43.3 Å². The molecule has 302 valence electrons. The van der Waals surface area contributed by atoms with Gasteiger partial charge in [-0.05, 0) is 130 Å². The highest BCUT2D eigenvalue weighted by Gasteiger charge is 2.29. The lowest BCUT2D eigenvalue weighted by molar-refractivity contribution is -0.117. The highest BCUT2D eigenvalue weighted by atomic mass is 32.2. The molecule has 3 rings (SSSR count). The molecule has 2 unspecified atom stereocenters. The lowest BCUT2D eigenvalue weighted by Crippen LogP contribution is -2.39. The van der Waals surface area contributed by atoms with Crippen LogP contribution < -0.4 is 14.8 Å². The summed E-state index contributed by atoms with van der Waals surface area (Å²) in [6.07, 6.45) is 1.64. The number of carbonyl (C=O) groups is 1. The molecule has 1 fully saturated rings. The fraction of sp³-hybridized carbons (Fsp3) is 0.585. The van der Waals surface area contributed by atoms with Crippen LogP contribution in [0, 0.1) is 0 Å². The smallest absolute Gasteiger partial charge is 0.264 e. The van der Waals surface area contributed by atoms with Crippen LogP contribution in [0.15, 0.2) is 66.8 Å².